The first-order valence-electron chi connectivity index (χ1n) is 6.72. The van der Waals surface area contributed by atoms with E-state index < -0.39 is 16.2 Å². The van der Waals surface area contributed by atoms with Gasteiger partial charge in [0.15, 0.2) is 0 Å². The monoisotopic (exact) mass is 295 g/mol. The molecule has 3 rings (SSSR count). The van der Waals surface area contributed by atoms with Gasteiger partial charge in [-0.15, -0.1) is 0 Å². The van der Waals surface area contributed by atoms with Crippen LogP contribution in [0.3, 0.4) is 0 Å². The number of carbonyl (C=O) groups is 1. The SMILES string of the molecule is NS(=O)(=O)NC(=O)Nc1c2c(cc3c1CCC3)CCC2. The van der Waals surface area contributed by atoms with Crippen LogP contribution in [-0.2, 0) is 35.9 Å². The van der Waals surface area contributed by atoms with Crippen molar-refractivity contribution in [2.45, 2.75) is 38.5 Å². The topological polar surface area (TPSA) is 101 Å². The summed E-state index contributed by atoms with van der Waals surface area (Å²) in [5.41, 5.74) is 5.65. The molecule has 2 amide bonds. The summed E-state index contributed by atoms with van der Waals surface area (Å²) in [6, 6.07) is 1.45. The average Bonchev–Trinajstić information content (AvgIpc) is 2.93. The van der Waals surface area contributed by atoms with Crippen LogP contribution in [0.25, 0.3) is 0 Å². The molecule has 0 spiro atoms. The first kappa shape index (κ1) is 13.4. The van der Waals surface area contributed by atoms with Gasteiger partial charge in [-0.05, 0) is 60.8 Å². The first-order valence-corrected chi connectivity index (χ1v) is 8.27. The predicted octanol–water partition coefficient (Wildman–Crippen LogP) is 0.989. The molecule has 0 aromatic heterocycles. The molecule has 0 heterocycles. The van der Waals surface area contributed by atoms with Gasteiger partial charge in [0.05, 0.1) is 0 Å². The minimum Gasteiger partial charge on any atom is -0.307 e. The zero-order chi connectivity index (χ0) is 14.3. The molecule has 0 radical (unpaired) electrons. The number of carbonyl (C=O) groups excluding carboxylic acids is 1. The van der Waals surface area contributed by atoms with Gasteiger partial charge in [-0.2, -0.15) is 8.42 Å². The van der Waals surface area contributed by atoms with Crippen LogP contribution < -0.4 is 15.2 Å². The highest BCUT2D eigenvalue weighted by Gasteiger charge is 2.25. The van der Waals surface area contributed by atoms with Crippen molar-refractivity contribution < 1.29 is 13.2 Å². The Kier molecular flexibility index (Phi) is 3.18. The van der Waals surface area contributed by atoms with Gasteiger partial charge in [0, 0.05) is 5.69 Å². The third kappa shape index (κ3) is 2.51. The van der Waals surface area contributed by atoms with Gasteiger partial charge in [0.2, 0.25) is 0 Å². The standard InChI is InChI=1S/C13H17N3O3S/c14-20(18,19)16-13(17)15-12-10-5-1-3-8(10)7-9-4-2-6-11(9)12/h7H,1-6H2,(H2,14,18,19)(H2,15,16,17). The van der Waals surface area contributed by atoms with Crippen molar-refractivity contribution in [3.05, 3.63) is 28.3 Å². The number of nitrogens with two attached hydrogens (primary N) is 1. The summed E-state index contributed by atoms with van der Waals surface area (Å²) >= 11 is 0. The molecule has 0 aliphatic heterocycles. The maximum Gasteiger partial charge on any atom is 0.333 e. The molecule has 0 saturated heterocycles. The Morgan fingerprint density at radius 2 is 1.60 bits per heavy atom. The maximum atomic E-state index is 11.7. The van der Waals surface area contributed by atoms with Crippen LogP contribution >= 0.6 is 0 Å². The fourth-order valence-electron chi connectivity index (χ4n) is 3.24. The van der Waals surface area contributed by atoms with Crippen LogP contribution in [0.15, 0.2) is 6.07 Å². The lowest BCUT2D eigenvalue weighted by molar-refractivity contribution is 0.256. The molecular weight excluding hydrogens is 278 g/mol. The second kappa shape index (κ2) is 4.75. The molecule has 108 valence electrons. The first-order chi connectivity index (χ1) is 9.44. The molecule has 1 aromatic carbocycles. The molecule has 4 N–H and O–H groups in total. The van der Waals surface area contributed by atoms with E-state index in [9.17, 15) is 13.2 Å². The number of urea groups is 1. The van der Waals surface area contributed by atoms with E-state index in [0.29, 0.717) is 0 Å². The van der Waals surface area contributed by atoms with Crippen LogP contribution in [0.1, 0.15) is 35.1 Å². The summed E-state index contributed by atoms with van der Waals surface area (Å²) in [4.78, 5) is 11.7. The lowest BCUT2D eigenvalue weighted by Crippen LogP contribution is -2.39. The Bertz CT molecular complexity index is 650. The van der Waals surface area contributed by atoms with E-state index in [2.05, 4.69) is 11.4 Å². The highest BCUT2D eigenvalue weighted by molar-refractivity contribution is 7.87. The normalized spacial score (nSPS) is 16.6. The summed E-state index contributed by atoms with van der Waals surface area (Å²) in [6.07, 6.45) is 6.04. The Balaban J connectivity index is 1.95. The maximum absolute atomic E-state index is 11.7. The zero-order valence-electron chi connectivity index (χ0n) is 11.0. The molecule has 0 saturated carbocycles. The summed E-state index contributed by atoms with van der Waals surface area (Å²) < 4.78 is 23.6. The van der Waals surface area contributed by atoms with Crippen molar-refractivity contribution >= 4 is 21.9 Å². The van der Waals surface area contributed by atoms with Crippen molar-refractivity contribution in [2.75, 3.05) is 5.32 Å². The number of anilines is 1. The van der Waals surface area contributed by atoms with Crippen LogP contribution in [0.5, 0.6) is 0 Å². The van der Waals surface area contributed by atoms with Crippen molar-refractivity contribution in [1.29, 1.82) is 0 Å². The van der Waals surface area contributed by atoms with Gasteiger partial charge in [0.1, 0.15) is 0 Å². The van der Waals surface area contributed by atoms with Crippen LogP contribution in [0.2, 0.25) is 0 Å². The second-order valence-electron chi connectivity index (χ2n) is 5.34. The van der Waals surface area contributed by atoms with Crippen LogP contribution in [0.4, 0.5) is 10.5 Å². The Labute approximate surface area is 117 Å². The van der Waals surface area contributed by atoms with Crippen molar-refractivity contribution in [1.82, 2.24) is 4.72 Å². The van der Waals surface area contributed by atoms with Gasteiger partial charge in [-0.25, -0.2) is 14.7 Å². The smallest absolute Gasteiger partial charge is 0.307 e. The summed E-state index contributed by atoms with van der Waals surface area (Å²) in [5.74, 6) is 0. The Hall–Kier alpha value is -1.60. The van der Waals surface area contributed by atoms with Gasteiger partial charge in [-0.3, -0.25) is 0 Å². The van der Waals surface area contributed by atoms with Gasteiger partial charge < -0.3 is 5.32 Å². The van der Waals surface area contributed by atoms with E-state index >= 15 is 0 Å². The molecule has 1 aromatic rings. The summed E-state index contributed by atoms with van der Waals surface area (Å²) in [7, 11) is -4.03. The zero-order valence-corrected chi connectivity index (χ0v) is 11.8. The van der Waals surface area contributed by atoms with Crippen molar-refractivity contribution in [3.8, 4) is 0 Å². The molecular formula is C13H17N3O3S. The van der Waals surface area contributed by atoms with E-state index in [1.54, 1.807) is 4.72 Å². The Morgan fingerprint density at radius 3 is 2.10 bits per heavy atom. The molecule has 0 bridgehead atoms. The number of amides is 2. The fourth-order valence-corrected chi connectivity index (χ4v) is 3.54. The number of hydrogen-bond acceptors (Lipinski definition) is 3. The minimum absolute atomic E-state index is 0.790. The third-order valence-electron chi connectivity index (χ3n) is 3.95. The molecule has 0 atom stereocenters. The van der Waals surface area contributed by atoms with Crippen LogP contribution in [-0.4, -0.2) is 14.4 Å². The number of nitrogens with one attached hydrogen (secondary N) is 2. The quantitative estimate of drug-likeness (QED) is 0.758. The van der Waals surface area contributed by atoms with Gasteiger partial charge >= 0.3 is 6.03 Å². The predicted molar refractivity (Wildman–Crippen MR) is 75.8 cm³/mol. The number of fused-ring (bicyclic) bond motifs is 2. The fraction of sp³-hybridized carbons (Fsp3) is 0.462. The van der Waals surface area contributed by atoms with Crippen molar-refractivity contribution in [3.63, 3.8) is 0 Å². The van der Waals surface area contributed by atoms with E-state index in [0.717, 1.165) is 55.3 Å². The highest BCUT2D eigenvalue weighted by Crippen LogP contribution is 2.38. The van der Waals surface area contributed by atoms with E-state index in [1.807, 2.05) is 0 Å². The largest absolute Gasteiger partial charge is 0.333 e. The molecule has 2 aliphatic rings. The number of benzene rings is 1. The number of hydrogen-bond donors (Lipinski definition) is 3. The van der Waals surface area contributed by atoms with E-state index in [1.165, 1.54) is 11.1 Å². The molecule has 6 nitrogen and oxygen atoms in total. The molecule has 0 unspecified atom stereocenters. The number of aryl methyl sites for hydroxylation is 2. The molecule has 7 heteroatoms. The van der Waals surface area contributed by atoms with Crippen LogP contribution in [0, 0.1) is 0 Å². The lowest BCUT2D eigenvalue weighted by Gasteiger charge is -2.16. The van der Waals surface area contributed by atoms with Crippen molar-refractivity contribution in [2.24, 2.45) is 5.14 Å². The second-order valence-corrected chi connectivity index (χ2v) is 6.63. The third-order valence-corrected chi connectivity index (χ3v) is 4.42. The average molecular weight is 295 g/mol. The molecule has 20 heavy (non-hydrogen) atoms. The number of rotatable bonds is 2. The van der Waals surface area contributed by atoms with E-state index in [-0.39, 0.29) is 0 Å². The summed E-state index contributed by atoms with van der Waals surface area (Å²) in [5, 5.41) is 7.51. The van der Waals surface area contributed by atoms with Gasteiger partial charge in [-0.1, -0.05) is 6.07 Å². The Morgan fingerprint density at radius 1 is 1.05 bits per heavy atom. The lowest BCUT2D eigenvalue weighted by atomic mass is 9.99. The highest BCUT2D eigenvalue weighted by atomic mass is 32.2. The summed E-state index contributed by atoms with van der Waals surface area (Å²) in [6.45, 7) is 0. The molecule has 2 aliphatic carbocycles. The minimum atomic E-state index is -4.03. The van der Waals surface area contributed by atoms with E-state index in [4.69, 9.17) is 5.14 Å². The van der Waals surface area contributed by atoms with Gasteiger partial charge in [0.25, 0.3) is 10.2 Å². The molecule has 0 fully saturated rings.